The normalized spacial score (nSPS) is 12.8. The van der Waals surface area contributed by atoms with E-state index < -0.39 is 12.1 Å². The van der Waals surface area contributed by atoms with Crippen molar-refractivity contribution in [2.75, 3.05) is 13.2 Å². The Bertz CT molecular complexity index is 982. The number of hydrogen-bond donors (Lipinski definition) is 3. The number of allylic oxidation sites excluding steroid dienone is 4. The van der Waals surface area contributed by atoms with Gasteiger partial charge in [0.25, 0.3) is 0 Å². The summed E-state index contributed by atoms with van der Waals surface area (Å²) in [7, 11) is 0. The molecule has 2 atom stereocenters. The highest BCUT2D eigenvalue weighted by Gasteiger charge is 2.20. The van der Waals surface area contributed by atoms with Crippen molar-refractivity contribution in [2.24, 2.45) is 0 Å². The number of ether oxygens (including phenoxy) is 1. The van der Waals surface area contributed by atoms with Gasteiger partial charge in [0.1, 0.15) is 0 Å². The maximum atomic E-state index is 12.4. The first-order valence-electron chi connectivity index (χ1n) is 28.1. The Morgan fingerprint density at radius 2 is 0.746 bits per heavy atom. The van der Waals surface area contributed by atoms with E-state index in [9.17, 15) is 19.8 Å². The standard InChI is InChI=1S/C57H109NO5/c1-3-5-7-9-11-13-14-15-16-17-22-25-28-31-35-39-43-47-51-57(62)63-52-48-44-40-36-32-29-26-23-20-18-19-21-24-27-30-34-38-42-46-50-56(61)58-54(53-59)55(60)49-45-41-37-33-12-10-8-6-4-2/h16-19,54-55,59-60H,3-15,20-53H2,1-2H3,(H,58,61)/b17-16-,19-18-. The van der Waals surface area contributed by atoms with Gasteiger partial charge >= 0.3 is 5.97 Å². The number of carbonyl (C=O) groups is 2. The van der Waals surface area contributed by atoms with Crippen LogP contribution in [0, 0.1) is 0 Å². The summed E-state index contributed by atoms with van der Waals surface area (Å²) < 4.78 is 5.48. The Morgan fingerprint density at radius 3 is 1.13 bits per heavy atom. The quantitative estimate of drug-likeness (QED) is 0.0321. The van der Waals surface area contributed by atoms with Crippen LogP contribution in [0.1, 0.15) is 303 Å². The average Bonchev–Trinajstić information content (AvgIpc) is 3.28. The Kier molecular flexibility index (Phi) is 51.6. The van der Waals surface area contributed by atoms with Gasteiger partial charge in [-0.1, -0.05) is 237 Å². The molecular formula is C57H109NO5. The molecule has 0 saturated carbocycles. The molecule has 0 saturated heterocycles. The molecule has 0 fully saturated rings. The third-order valence-electron chi connectivity index (χ3n) is 13.0. The Morgan fingerprint density at radius 1 is 0.429 bits per heavy atom. The van der Waals surface area contributed by atoms with E-state index in [-0.39, 0.29) is 18.5 Å². The molecular weight excluding hydrogens is 779 g/mol. The van der Waals surface area contributed by atoms with Crippen LogP contribution in [0.4, 0.5) is 0 Å². The summed E-state index contributed by atoms with van der Waals surface area (Å²) in [5, 5.41) is 23.1. The summed E-state index contributed by atoms with van der Waals surface area (Å²) in [4.78, 5) is 24.5. The highest BCUT2D eigenvalue weighted by Crippen LogP contribution is 2.16. The Hall–Kier alpha value is -1.66. The van der Waals surface area contributed by atoms with Gasteiger partial charge in [-0.25, -0.2) is 0 Å². The number of carbonyl (C=O) groups excluding carboxylic acids is 2. The van der Waals surface area contributed by atoms with Crippen LogP contribution in [0.5, 0.6) is 0 Å². The number of rotatable bonds is 52. The lowest BCUT2D eigenvalue weighted by Crippen LogP contribution is -2.45. The minimum Gasteiger partial charge on any atom is -0.466 e. The minimum absolute atomic E-state index is 0.000865. The van der Waals surface area contributed by atoms with Crippen LogP contribution >= 0.6 is 0 Å². The molecule has 6 nitrogen and oxygen atoms in total. The van der Waals surface area contributed by atoms with E-state index in [0.717, 1.165) is 44.9 Å². The fourth-order valence-electron chi connectivity index (χ4n) is 8.63. The molecule has 63 heavy (non-hydrogen) atoms. The first-order chi connectivity index (χ1) is 31.0. The van der Waals surface area contributed by atoms with Crippen molar-refractivity contribution in [3.05, 3.63) is 24.3 Å². The smallest absolute Gasteiger partial charge is 0.305 e. The van der Waals surface area contributed by atoms with E-state index in [1.54, 1.807) is 0 Å². The van der Waals surface area contributed by atoms with Crippen LogP contribution in [-0.2, 0) is 14.3 Å². The van der Waals surface area contributed by atoms with Gasteiger partial charge in [0.15, 0.2) is 0 Å². The van der Waals surface area contributed by atoms with Gasteiger partial charge in [-0.05, 0) is 77.0 Å². The third-order valence-corrected chi connectivity index (χ3v) is 13.0. The van der Waals surface area contributed by atoms with Crippen LogP contribution in [0.25, 0.3) is 0 Å². The molecule has 0 aliphatic carbocycles. The van der Waals surface area contributed by atoms with Gasteiger partial charge in [-0.3, -0.25) is 9.59 Å². The summed E-state index contributed by atoms with van der Waals surface area (Å²) >= 11 is 0. The molecule has 0 bridgehead atoms. The molecule has 6 heteroatoms. The summed E-state index contributed by atoms with van der Waals surface area (Å²) in [6, 6.07) is -0.546. The van der Waals surface area contributed by atoms with Gasteiger partial charge in [0.05, 0.1) is 25.4 Å². The van der Waals surface area contributed by atoms with E-state index in [0.29, 0.717) is 25.9 Å². The van der Waals surface area contributed by atoms with Crippen molar-refractivity contribution in [3.63, 3.8) is 0 Å². The van der Waals surface area contributed by atoms with Gasteiger partial charge in [0.2, 0.25) is 5.91 Å². The molecule has 372 valence electrons. The van der Waals surface area contributed by atoms with E-state index in [2.05, 4.69) is 43.5 Å². The number of aliphatic hydroxyl groups is 2. The monoisotopic (exact) mass is 888 g/mol. The number of nitrogens with one attached hydrogen (secondary N) is 1. The molecule has 0 aromatic carbocycles. The average molecular weight is 889 g/mol. The molecule has 3 N–H and O–H groups in total. The molecule has 0 spiro atoms. The fraction of sp³-hybridized carbons (Fsp3) is 0.895. The third kappa shape index (κ3) is 49.6. The molecule has 2 unspecified atom stereocenters. The zero-order valence-corrected chi connectivity index (χ0v) is 42.3. The lowest BCUT2D eigenvalue weighted by Gasteiger charge is -2.22. The van der Waals surface area contributed by atoms with Gasteiger partial charge < -0.3 is 20.3 Å². The van der Waals surface area contributed by atoms with Gasteiger partial charge in [0, 0.05) is 12.8 Å². The van der Waals surface area contributed by atoms with Crippen molar-refractivity contribution in [1.82, 2.24) is 5.32 Å². The van der Waals surface area contributed by atoms with E-state index >= 15 is 0 Å². The van der Waals surface area contributed by atoms with E-state index in [1.807, 2.05) is 0 Å². The molecule has 0 heterocycles. The lowest BCUT2D eigenvalue weighted by atomic mass is 10.0. The number of esters is 1. The summed E-state index contributed by atoms with van der Waals surface area (Å²) in [6.07, 6.45) is 63.2. The van der Waals surface area contributed by atoms with Crippen LogP contribution in [0.15, 0.2) is 24.3 Å². The molecule has 0 aliphatic heterocycles. The van der Waals surface area contributed by atoms with E-state index in [4.69, 9.17) is 4.74 Å². The Labute approximate surface area is 392 Å². The van der Waals surface area contributed by atoms with Crippen molar-refractivity contribution >= 4 is 11.9 Å². The van der Waals surface area contributed by atoms with E-state index in [1.165, 1.54) is 225 Å². The second-order valence-corrected chi connectivity index (χ2v) is 19.3. The molecule has 0 aromatic rings. The molecule has 0 radical (unpaired) electrons. The zero-order chi connectivity index (χ0) is 45.8. The maximum Gasteiger partial charge on any atom is 0.305 e. The van der Waals surface area contributed by atoms with Crippen LogP contribution < -0.4 is 5.32 Å². The largest absolute Gasteiger partial charge is 0.466 e. The SMILES string of the molecule is CCCCCCCCC/C=C\CCCCCCCCCC(=O)OCCCCCCCCCC/C=C\CCCCCCCCCC(=O)NC(CO)C(O)CCCCCCCCCCC. The molecule has 0 aromatic heterocycles. The first kappa shape index (κ1) is 61.3. The lowest BCUT2D eigenvalue weighted by molar-refractivity contribution is -0.143. The fourth-order valence-corrected chi connectivity index (χ4v) is 8.63. The summed E-state index contributed by atoms with van der Waals surface area (Å²) in [6.45, 7) is 4.92. The van der Waals surface area contributed by atoms with Crippen LogP contribution in [0.2, 0.25) is 0 Å². The van der Waals surface area contributed by atoms with Crippen LogP contribution in [-0.4, -0.2) is 47.4 Å². The first-order valence-corrected chi connectivity index (χ1v) is 28.1. The number of unbranched alkanes of at least 4 members (excludes halogenated alkanes) is 37. The number of hydrogen-bond acceptors (Lipinski definition) is 5. The number of aliphatic hydroxyl groups excluding tert-OH is 2. The van der Waals surface area contributed by atoms with Crippen LogP contribution in [0.3, 0.4) is 0 Å². The Balaban J connectivity index is 3.40. The second kappa shape index (κ2) is 53.0. The van der Waals surface area contributed by atoms with Crippen molar-refractivity contribution in [3.8, 4) is 0 Å². The molecule has 0 rings (SSSR count). The summed E-state index contributed by atoms with van der Waals surface area (Å²) in [5.41, 5.74) is 0. The predicted octanol–water partition coefficient (Wildman–Crippen LogP) is 17.1. The second-order valence-electron chi connectivity index (χ2n) is 19.3. The molecule has 0 aliphatic rings. The van der Waals surface area contributed by atoms with Crippen molar-refractivity contribution < 1.29 is 24.5 Å². The molecule has 1 amide bonds. The topological polar surface area (TPSA) is 95.9 Å². The maximum absolute atomic E-state index is 12.4. The predicted molar refractivity (Wildman–Crippen MR) is 273 cm³/mol. The van der Waals surface area contributed by atoms with Crippen molar-refractivity contribution in [1.29, 1.82) is 0 Å². The van der Waals surface area contributed by atoms with Gasteiger partial charge in [-0.2, -0.15) is 0 Å². The van der Waals surface area contributed by atoms with Gasteiger partial charge in [-0.15, -0.1) is 0 Å². The summed E-state index contributed by atoms with van der Waals surface area (Å²) in [5.74, 6) is -0.0462. The highest BCUT2D eigenvalue weighted by molar-refractivity contribution is 5.76. The van der Waals surface area contributed by atoms with Crippen molar-refractivity contribution in [2.45, 2.75) is 315 Å². The number of amides is 1. The highest BCUT2D eigenvalue weighted by atomic mass is 16.5. The minimum atomic E-state index is -0.668. The zero-order valence-electron chi connectivity index (χ0n) is 42.3.